The van der Waals surface area contributed by atoms with Crippen LogP contribution in [-0.4, -0.2) is 56.8 Å². The Morgan fingerprint density at radius 3 is 2.14 bits per heavy atom. The summed E-state index contributed by atoms with van der Waals surface area (Å²) in [5.74, 6) is 0.331. The number of sulfonamides is 1. The van der Waals surface area contributed by atoms with Gasteiger partial charge >= 0.3 is 0 Å². The molecule has 22 heavy (non-hydrogen) atoms. The Kier molecular flexibility index (Phi) is 4.77. The Morgan fingerprint density at radius 2 is 1.64 bits per heavy atom. The fourth-order valence-corrected chi connectivity index (χ4v) is 4.15. The highest BCUT2D eigenvalue weighted by atomic mass is 32.2. The fraction of sp³-hybridized carbons (Fsp3) is 0.533. The topological polar surface area (TPSA) is 66.9 Å². The maximum atomic E-state index is 12.8. The van der Waals surface area contributed by atoms with Crippen LogP contribution in [0.15, 0.2) is 17.0 Å². The standard InChI is InChI=1S/C15H22N2O4S/c1-11-9-14(21-4)15(10-12(11)2)22(19,20)17-7-5-16(6-8-17)13(3)18/h9-10H,5-8H2,1-4H3. The van der Waals surface area contributed by atoms with Crippen LogP contribution in [-0.2, 0) is 14.8 Å². The molecular weight excluding hydrogens is 304 g/mol. The lowest BCUT2D eigenvalue weighted by Gasteiger charge is -2.33. The highest BCUT2D eigenvalue weighted by Gasteiger charge is 2.31. The van der Waals surface area contributed by atoms with Gasteiger partial charge in [0.1, 0.15) is 10.6 Å². The molecule has 1 aliphatic heterocycles. The molecule has 0 aliphatic carbocycles. The maximum Gasteiger partial charge on any atom is 0.246 e. The summed E-state index contributed by atoms with van der Waals surface area (Å²) in [5.41, 5.74) is 1.89. The average Bonchev–Trinajstić information content (AvgIpc) is 2.49. The third kappa shape index (κ3) is 3.10. The number of nitrogens with zero attached hydrogens (tertiary/aromatic N) is 2. The van der Waals surface area contributed by atoms with Crippen LogP contribution in [0, 0.1) is 13.8 Å². The van der Waals surface area contributed by atoms with Gasteiger partial charge in [-0.05, 0) is 37.1 Å². The molecule has 0 radical (unpaired) electrons. The molecule has 1 amide bonds. The van der Waals surface area contributed by atoms with Crippen molar-refractivity contribution in [2.24, 2.45) is 0 Å². The lowest BCUT2D eigenvalue weighted by atomic mass is 10.1. The Morgan fingerprint density at radius 1 is 1.09 bits per heavy atom. The van der Waals surface area contributed by atoms with Crippen molar-refractivity contribution in [1.29, 1.82) is 0 Å². The van der Waals surface area contributed by atoms with Gasteiger partial charge in [0, 0.05) is 33.1 Å². The number of ether oxygens (including phenoxy) is 1. The van der Waals surface area contributed by atoms with Crippen LogP contribution in [0.5, 0.6) is 5.75 Å². The van der Waals surface area contributed by atoms with Crippen molar-refractivity contribution < 1.29 is 17.9 Å². The molecule has 1 aliphatic rings. The van der Waals surface area contributed by atoms with Crippen molar-refractivity contribution in [3.8, 4) is 5.75 Å². The van der Waals surface area contributed by atoms with Gasteiger partial charge in [0.15, 0.2) is 0 Å². The summed E-state index contributed by atoms with van der Waals surface area (Å²) in [5, 5.41) is 0. The second-order valence-corrected chi connectivity index (χ2v) is 7.40. The van der Waals surface area contributed by atoms with Gasteiger partial charge in [-0.1, -0.05) is 0 Å². The van der Waals surface area contributed by atoms with Crippen LogP contribution in [0.2, 0.25) is 0 Å². The molecule has 0 aromatic heterocycles. The number of methoxy groups -OCH3 is 1. The Hall–Kier alpha value is -1.60. The van der Waals surface area contributed by atoms with Gasteiger partial charge in [-0.25, -0.2) is 8.42 Å². The number of hydrogen-bond acceptors (Lipinski definition) is 4. The molecule has 2 rings (SSSR count). The highest BCUT2D eigenvalue weighted by Crippen LogP contribution is 2.30. The fourth-order valence-electron chi connectivity index (χ4n) is 2.51. The van der Waals surface area contributed by atoms with Crippen molar-refractivity contribution in [3.05, 3.63) is 23.3 Å². The Labute approximate surface area is 131 Å². The molecule has 0 unspecified atom stereocenters. The van der Waals surface area contributed by atoms with E-state index in [1.165, 1.54) is 18.3 Å². The molecule has 122 valence electrons. The molecule has 1 fully saturated rings. The first kappa shape index (κ1) is 16.8. The second-order valence-electron chi connectivity index (χ2n) is 5.50. The van der Waals surface area contributed by atoms with E-state index < -0.39 is 10.0 Å². The Bertz CT molecular complexity index is 677. The third-order valence-corrected chi connectivity index (χ3v) is 6.00. The molecule has 0 N–H and O–H groups in total. The van der Waals surface area contributed by atoms with Gasteiger partial charge in [-0.15, -0.1) is 0 Å². The van der Waals surface area contributed by atoms with E-state index in [4.69, 9.17) is 4.74 Å². The summed E-state index contributed by atoms with van der Waals surface area (Å²) in [6.45, 7) is 6.73. The predicted molar refractivity (Wildman–Crippen MR) is 83.5 cm³/mol. The molecule has 6 nitrogen and oxygen atoms in total. The van der Waals surface area contributed by atoms with E-state index >= 15 is 0 Å². The minimum absolute atomic E-state index is 0.0270. The van der Waals surface area contributed by atoms with Crippen LogP contribution < -0.4 is 4.74 Å². The molecule has 0 bridgehead atoms. The van der Waals surface area contributed by atoms with E-state index in [1.54, 1.807) is 17.0 Å². The van der Waals surface area contributed by atoms with E-state index in [1.807, 2.05) is 13.8 Å². The Balaban J connectivity index is 2.32. The number of piperazine rings is 1. The van der Waals surface area contributed by atoms with Crippen molar-refractivity contribution in [2.45, 2.75) is 25.7 Å². The van der Waals surface area contributed by atoms with Gasteiger partial charge in [0.05, 0.1) is 7.11 Å². The van der Waals surface area contributed by atoms with Gasteiger partial charge in [-0.3, -0.25) is 4.79 Å². The van der Waals surface area contributed by atoms with E-state index in [-0.39, 0.29) is 10.8 Å². The van der Waals surface area contributed by atoms with Crippen LogP contribution in [0.3, 0.4) is 0 Å². The monoisotopic (exact) mass is 326 g/mol. The highest BCUT2D eigenvalue weighted by molar-refractivity contribution is 7.89. The van der Waals surface area contributed by atoms with E-state index in [2.05, 4.69) is 0 Å². The molecule has 7 heteroatoms. The lowest BCUT2D eigenvalue weighted by molar-refractivity contribution is -0.129. The summed E-state index contributed by atoms with van der Waals surface area (Å²) >= 11 is 0. The number of carbonyl (C=O) groups excluding carboxylic acids is 1. The number of hydrogen-bond donors (Lipinski definition) is 0. The van der Waals surface area contributed by atoms with Crippen molar-refractivity contribution in [2.75, 3.05) is 33.3 Å². The second kappa shape index (κ2) is 6.26. The number of carbonyl (C=O) groups is 1. The van der Waals surface area contributed by atoms with Gasteiger partial charge in [0.2, 0.25) is 15.9 Å². The molecule has 0 atom stereocenters. The zero-order valence-corrected chi connectivity index (χ0v) is 14.2. The SMILES string of the molecule is COc1cc(C)c(C)cc1S(=O)(=O)N1CCN(C(C)=O)CC1. The first-order chi connectivity index (χ1) is 10.3. The molecule has 1 saturated heterocycles. The third-order valence-electron chi connectivity index (χ3n) is 4.08. The minimum atomic E-state index is -3.62. The maximum absolute atomic E-state index is 12.8. The van der Waals surface area contributed by atoms with Gasteiger partial charge < -0.3 is 9.64 Å². The number of rotatable bonds is 3. The molecule has 1 aromatic carbocycles. The van der Waals surface area contributed by atoms with E-state index in [0.717, 1.165) is 11.1 Å². The van der Waals surface area contributed by atoms with E-state index in [0.29, 0.717) is 31.9 Å². The molecule has 1 heterocycles. The summed E-state index contributed by atoms with van der Waals surface area (Å²) in [7, 11) is -2.15. The first-order valence-corrected chi connectivity index (χ1v) is 8.62. The molecule has 0 saturated carbocycles. The van der Waals surface area contributed by atoms with Crippen molar-refractivity contribution in [1.82, 2.24) is 9.21 Å². The average molecular weight is 326 g/mol. The quantitative estimate of drug-likeness (QED) is 0.836. The first-order valence-electron chi connectivity index (χ1n) is 7.18. The summed E-state index contributed by atoms with van der Waals surface area (Å²) < 4.78 is 32.4. The van der Waals surface area contributed by atoms with Crippen LogP contribution in [0.4, 0.5) is 0 Å². The van der Waals surface area contributed by atoms with Gasteiger partial charge in [-0.2, -0.15) is 4.31 Å². The largest absolute Gasteiger partial charge is 0.495 e. The lowest BCUT2D eigenvalue weighted by Crippen LogP contribution is -2.49. The molecule has 0 spiro atoms. The number of benzene rings is 1. The zero-order valence-electron chi connectivity index (χ0n) is 13.4. The normalized spacial score (nSPS) is 16.6. The number of aryl methyl sites for hydroxylation is 2. The summed E-state index contributed by atoms with van der Waals surface area (Å²) in [6, 6.07) is 3.40. The zero-order chi connectivity index (χ0) is 16.5. The van der Waals surface area contributed by atoms with Crippen LogP contribution in [0.25, 0.3) is 0 Å². The van der Waals surface area contributed by atoms with Crippen molar-refractivity contribution >= 4 is 15.9 Å². The molecule has 1 aromatic rings. The molecular formula is C15H22N2O4S. The van der Waals surface area contributed by atoms with Crippen LogP contribution >= 0.6 is 0 Å². The van der Waals surface area contributed by atoms with Gasteiger partial charge in [0.25, 0.3) is 0 Å². The summed E-state index contributed by atoms with van der Waals surface area (Å²) in [4.78, 5) is 13.2. The smallest absolute Gasteiger partial charge is 0.246 e. The van der Waals surface area contributed by atoms with Crippen LogP contribution in [0.1, 0.15) is 18.1 Å². The van der Waals surface area contributed by atoms with Crippen molar-refractivity contribution in [3.63, 3.8) is 0 Å². The number of amides is 1. The summed E-state index contributed by atoms with van der Waals surface area (Å²) in [6.07, 6.45) is 0. The predicted octanol–water partition coefficient (Wildman–Crippen LogP) is 1.16. The minimum Gasteiger partial charge on any atom is -0.495 e. The van der Waals surface area contributed by atoms with E-state index in [9.17, 15) is 13.2 Å².